The number of benzene rings is 2. The lowest BCUT2D eigenvalue weighted by Gasteiger charge is -2.32. The quantitative estimate of drug-likeness (QED) is 0.324. The van der Waals surface area contributed by atoms with Gasteiger partial charge in [-0.2, -0.15) is 9.97 Å². The van der Waals surface area contributed by atoms with Crippen LogP contribution in [0.2, 0.25) is 0 Å². The molecule has 0 saturated carbocycles. The number of aromatic nitrogens is 3. The fraction of sp³-hybridized carbons (Fsp3) is 0.406. The Kier molecular flexibility index (Phi) is 6.78. The lowest BCUT2D eigenvalue weighted by molar-refractivity contribution is 0.107. The van der Waals surface area contributed by atoms with Gasteiger partial charge in [-0.05, 0) is 55.8 Å². The molecule has 3 saturated heterocycles. The van der Waals surface area contributed by atoms with Crippen molar-refractivity contribution in [2.75, 3.05) is 37.7 Å². The molecule has 0 bridgehead atoms. The minimum absolute atomic E-state index is 0.0203. The minimum atomic E-state index is -0.921. The molecular formula is C32H31F3N6O2. The lowest BCUT2D eigenvalue weighted by atomic mass is 9.95. The Morgan fingerprint density at radius 1 is 1.16 bits per heavy atom. The zero-order valence-electron chi connectivity index (χ0n) is 23.5. The first-order valence-corrected chi connectivity index (χ1v) is 14.6. The number of halogens is 3. The molecule has 43 heavy (non-hydrogen) atoms. The summed E-state index contributed by atoms with van der Waals surface area (Å²) >= 11 is 0. The fourth-order valence-corrected chi connectivity index (χ4v) is 7.03. The average Bonchev–Trinajstić information content (AvgIpc) is 3.52. The number of alkyl halides is 1. The van der Waals surface area contributed by atoms with Gasteiger partial charge in [-0.3, -0.25) is 9.88 Å². The lowest BCUT2D eigenvalue weighted by Crippen LogP contribution is -2.43. The molecule has 3 aliphatic heterocycles. The van der Waals surface area contributed by atoms with E-state index in [-0.39, 0.29) is 52.1 Å². The Balaban J connectivity index is 1.37. The zero-order chi connectivity index (χ0) is 29.9. The van der Waals surface area contributed by atoms with E-state index in [0.29, 0.717) is 42.6 Å². The first kappa shape index (κ1) is 27.7. The van der Waals surface area contributed by atoms with Crippen molar-refractivity contribution >= 4 is 27.5 Å². The van der Waals surface area contributed by atoms with Crippen molar-refractivity contribution in [3.63, 3.8) is 0 Å². The summed E-state index contributed by atoms with van der Waals surface area (Å²) in [5.41, 5.74) is 5.59. The van der Waals surface area contributed by atoms with Crippen LogP contribution in [0.5, 0.6) is 11.8 Å². The maximum Gasteiger partial charge on any atom is 0.319 e. The Morgan fingerprint density at radius 2 is 1.98 bits per heavy atom. The topological polar surface area (TPSA) is 101 Å². The molecule has 4 aromatic rings. The predicted octanol–water partition coefficient (Wildman–Crippen LogP) is 4.69. The third kappa shape index (κ3) is 4.69. The van der Waals surface area contributed by atoms with E-state index in [2.05, 4.69) is 20.8 Å². The summed E-state index contributed by atoms with van der Waals surface area (Å²) in [6.45, 7) is 2.59. The number of nitrogens with zero attached hydrogens (tertiary/aromatic N) is 5. The van der Waals surface area contributed by atoms with E-state index in [4.69, 9.17) is 21.9 Å². The van der Waals surface area contributed by atoms with Crippen LogP contribution in [0.15, 0.2) is 30.5 Å². The molecule has 0 unspecified atom stereocenters. The third-order valence-electron chi connectivity index (χ3n) is 9.16. The van der Waals surface area contributed by atoms with Gasteiger partial charge in [-0.15, -0.1) is 6.42 Å². The van der Waals surface area contributed by atoms with E-state index in [1.54, 1.807) is 0 Å². The predicted molar refractivity (Wildman–Crippen MR) is 158 cm³/mol. The Hall–Kier alpha value is -4.14. The molecule has 2 atom stereocenters. The molecule has 8 nitrogen and oxygen atoms in total. The molecule has 3 fully saturated rings. The van der Waals surface area contributed by atoms with Gasteiger partial charge < -0.3 is 20.5 Å². The molecular weight excluding hydrogens is 557 g/mol. The molecule has 0 amide bonds. The van der Waals surface area contributed by atoms with Crippen LogP contribution in [0.25, 0.3) is 32.9 Å². The number of terminal acetylenes is 1. The van der Waals surface area contributed by atoms with Gasteiger partial charge in [-0.1, -0.05) is 12.0 Å². The molecule has 0 aliphatic carbocycles. The van der Waals surface area contributed by atoms with E-state index in [9.17, 15) is 13.9 Å². The van der Waals surface area contributed by atoms with Crippen molar-refractivity contribution in [2.45, 2.75) is 49.9 Å². The normalized spacial score (nSPS) is 22.8. The maximum absolute atomic E-state index is 16.6. The van der Waals surface area contributed by atoms with Gasteiger partial charge in [-0.25, -0.2) is 13.2 Å². The van der Waals surface area contributed by atoms with Gasteiger partial charge in [0.05, 0.1) is 16.5 Å². The van der Waals surface area contributed by atoms with E-state index in [1.165, 1.54) is 30.5 Å². The first-order valence-electron chi connectivity index (χ1n) is 14.6. The van der Waals surface area contributed by atoms with Crippen LogP contribution < -0.4 is 15.4 Å². The van der Waals surface area contributed by atoms with Crippen molar-refractivity contribution in [2.24, 2.45) is 5.73 Å². The van der Waals surface area contributed by atoms with Gasteiger partial charge in [0.25, 0.3) is 0 Å². The number of fused-ring (bicyclic) bond motifs is 3. The number of phenolic OH excluding ortho intramolecular Hbond substituents is 1. The number of hydrogen-bond acceptors (Lipinski definition) is 8. The minimum Gasteiger partial charge on any atom is -0.508 e. The highest BCUT2D eigenvalue weighted by molar-refractivity contribution is 6.03. The van der Waals surface area contributed by atoms with Gasteiger partial charge in [0.1, 0.15) is 41.4 Å². The van der Waals surface area contributed by atoms with Crippen LogP contribution in [0.3, 0.4) is 0 Å². The number of ether oxygens (including phenoxy) is 1. The maximum atomic E-state index is 16.6. The van der Waals surface area contributed by atoms with Crippen molar-refractivity contribution in [1.82, 2.24) is 19.9 Å². The molecule has 222 valence electrons. The van der Waals surface area contributed by atoms with Crippen LogP contribution >= 0.6 is 0 Å². The molecule has 5 heterocycles. The van der Waals surface area contributed by atoms with E-state index >= 15 is 4.39 Å². The zero-order valence-corrected chi connectivity index (χ0v) is 23.5. The molecule has 2 aromatic heterocycles. The molecule has 0 spiro atoms. The van der Waals surface area contributed by atoms with Crippen molar-refractivity contribution < 1.29 is 23.0 Å². The summed E-state index contributed by atoms with van der Waals surface area (Å²) in [5.74, 6) is 1.24. The van der Waals surface area contributed by atoms with Gasteiger partial charge >= 0.3 is 6.01 Å². The van der Waals surface area contributed by atoms with E-state index < -0.39 is 23.3 Å². The van der Waals surface area contributed by atoms with Crippen molar-refractivity contribution in [3.8, 4) is 35.4 Å². The average molecular weight is 589 g/mol. The number of pyridine rings is 1. The van der Waals surface area contributed by atoms with Gasteiger partial charge in [0.15, 0.2) is 5.82 Å². The van der Waals surface area contributed by atoms with Crippen molar-refractivity contribution in [3.05, 3.63) is 47.7 Å². The van der Waals surface area contributed by atoms with Gasteiger partial charge in [0, 0.05) is 49.2 Å². The SMILES string of the molecule is C#Cc1c(F)ccc2cc(O)cc(-c3ncc4c(N5CCC(N)CC5)nc(OC[C@@]56CCCN5C[C@H](F)C6)nc4c3F)c12. The summed E-state index contributed by atoms with van der Waals surface area (Å²) in [7, 11) is 0. The summed E-state index contributed by atoms with van der Waals surface area (Å²) in [6.07, 6.45) is 9.81. The first-order chi connectivity index (χ1) is 20.8. The second-order valence-electron chi connectivity index (χ2n) is 11.9. The number of rotatable bonds is 5. The highest BCUT2D eigenvalue weighted by Crippen LogP contribution is 2.42. The number of hydrogen-bond donors (Lipinski definition) is 2. The number of piperidine rings is 1. The third-order valence-corrected chi connectivity index (χ3v) is 9.16. The second-order valence-corrected chi connectivity index (χ2v) is 11.9. The van der Waals surface area contributed by atoms with Crippen LogP contribution in [0.1, 0.15) is 37.7 Å². The summed E-state index contributed by atoms with van der Waals surface area (Å²) in [6, 6.07) is 5.47. The number of anilines is 1. The van der Waals surface area contributed by atoms with Crippen LogP contribution in [0, 0.1) is 24.0 Å². The summed E-state index contributed by atoms with van der Waals surface area (Å²) < 4.78 is 51.9. The summed E-state index contributed by atoms with van der Waals surface area (Å²) in [4.78, 5) is 17.8. The van der Waals surface area contributed by atoms with Crippen LogP contribution in [-0.2, 0) is 0 Å². The molecule has 11 heteroatoms. The van der Waals surface area contributed by atoms with E-state index in [0.717, 1.165) is 32.2 Å². The molecule has 3 aliphatic rings. The molecule has 7 rings (SSSR count). The van der Waals surface area contributed by atoms with Gasteiger partial charge in [0.2, 0.25) is 0 Å². The highest BCUT2D eigenvalue weighted by Gasteiger charge is 2.49. The monoisotopic (exact) mass is 588 g/mol. The van der Waals surface area contributed by atoms with Crippen LogP contribution in [0.4, 0.5) is 19.0 Å². The molecule has 0 radical (unpaired) electrons. The number of aromatic hydroxyl groups is 1. The van der Waals surface area contributed by atoms with Crippen LogP contribution in [-0.4, -0.2) is 75.5 Å². The Labute approximate surface area is 246 Å². The standard InChI is InChI=1S/C32H31F3N6O2/c1-2-22-25(34)5-4-18-12-21(42)13-23(26(18)22)28-27(35)29-24(15-37-28)30(40-10-6-20(36)7-11-40)39-31(38-29)43-17-32-8-3-9-41(32)16-19(33)14-32/h1,4-5,12-13,15,19-20,42H,3,6-11,14,16-17,36H2/t19-,32+/m1/s1. The Morgan fingerprint density at radius 3 is 2.77 bits per heavy atom. The molecule has 2 aromatic carbocycles. The summed E-state index contributed by atoms with van der Waals surface area (Å²) in [5, 5.41) is 11.5. The fourth-order valence-electron chi connectivity index (χ4n) is 7.03. The van der Waals surface area contributed by atoms with Crippen molar-refractivity contribution in [1.29, 1.82) is 0 Å². The number of nitrogens with two attached hydrogens (primary N) is 1. The smallest absolute Gasteiger partial charge is 0.319 e. The number of phenols is 1. The molecule has 3 N–H and O–H groups in total. The highest BCUT2D eigenvalue weighted by atomic mass is 19.1. The largest absolute Gasteiger partial charge is 0.508 e. The van der Waals surface area contributed by atoms with E-state index in [1.807, 2.05) is 4.90 Å². The second kappa shape index (κ2) is 10.5. The Bertz CT molecular complexity index is 1790.